The van der Waals surface area contributed by atoms with Crippen molar-refractivity contribution in [2.75, 3.05) is 0 Å². The summed E-state index contributed by atoms with van der Waals surface area (Å²) >= 11 is 1.25. The Balaban J connectivity index is 1.50. The molecule has 0 aliphatic carbocycles. The van der Waals surface area contributed by atoms with Crippen LogP contribution in [0, 0.1) is 24.2 Å². The minimum Gasteiger partial charge on any atom is -0.458 e. The number of ketones is 1. The van der Waals surface area contributed by atoms with Gasteiger partial charge in [-0.3, -0.25) is 13.8 Å². The average Bonchev–Trinajstić information content (AvgIpc) is 3.40. The van der Waals surface area contributed by atoms with Crippen molar-refractivity contribution in [2.45, 2.75) is 122 Å². The number of ether oxygens (including phenoxy) is 2. The number of carbonyl (C=O) groups excluding carboxylic acids is 2. The molecule has 0 spiro atoms. The quantitative estimate of drug-likeness (QED) is 0.231. The highest BCUT2D eigenvalue weighted by molar-refractivity contribution is 7.86. The number of hydrogen-bond acceptors (Lipinski definition) is 11. The number of Topliss-reactive ketones (excluding diaryl/α,β-unsaturated/α-hetero) is 1. The number of cyclic esters (lactones) is 1. The summed E-state index contributed by atoms with van der Waals surface area (Å²) < 4.78 is 42.4. The van der Waals surface area contributed by atoms with Gasteiger partial charge < -0.3 is 19.7 Å². The lowest BCUT2D eigenvalue weighted by Crippen LogP contribution is -2.45. The van der Waals surface area contributed by atoms with Crippen LogP contribution in [0.15, 0.2) is 40.1 Å². The summed E-state index contributed by atoms with van der Waals surface area (Å²) in [5.74, 6) is -1.80. The van der Waals surface area contributed by atoms with E-state index in [0.717, 1.165) is 18.4 Å². The first-order valence-corrected chi connectivity index (χ1v) is 18.1. The molecule has 10 nitrogen and oxygen atoms in total. The number of epoxide rings is 1. The number of hydrogen-bond donors (Lipinski definition) is 2. The first-order valence-electron chi connectivity index (χ1n) is 15.8. The molecule has 46 heavy (non-hydrogen) atoms. The summed E-state index contributed by atoms with van der Waals surface area (Å²) in [6.07, 6.45) is 1.03. The second-order valence-corrected chi connectivity index (χ2v) is 16.2. The maximum atomic E-state index is 13.4. The molecule has 2 aromatic rings. The minimum atomic E-state index is -3.95. The fraction of sp³-hybridized carbons (Fsp3) is 0.618. The fourth-order valence-electron chi connectivity index (χ4n) is 5.98. The molecule has 3 heterocycles. The molecule has 2 fully saturated rings. The topological polar surface area (TPSA) is 153 Å². The smallest absolute Gasteiger partial charge is 0.309 e. The van der Waals surface area contributed by atoms with Crippen LogP contribution in [-0.2, 0) is 40.0 Å². The van der Waals surface area contributed by atoms with Gasteiger partial charge in [-0.05, 0) is 63.3 Å². The SMILES string of the molecule is CC(=Cc1csc(COS(=O)(=O)c2ccc(C)cc2)n1)[C@@H]1C[C@@H]2O[C@]2(C)CCC[C@H](C)[C@H](O)[C@@H](C)C(=O)C(C)(C)[C@@H](O)CC(=O)O1. The number of aliphatic hydroxyl groups is 2. The predicted octanol–water partition coefficient (Wildman–Crippen LogP) is 5.38. The van der Waals surface area contributed by atoms with Crippen molar-refractivity contribution in [1.82, 2.24) is 4.98 Å². The Bertz CT molecular complexity index is 1530. The Morgan fingerprint density at radius 2 is 1.83 bits per heavy atom. The van der Waals surface area contributed by atoms with Crippen LogP contribution in [0.3, 0.4) is 0 Å². The largest absolute Gasteiger partial charge is 0.458 e. The number of aliphatic hydroxyl groups excluding tert-OH is 2. The molecule has 7 atom stereocenters. The van der Waals surface area contributed by atoms with Crippen molar-refractivity contribution < 1.29 is 41.9 Å². The lowest BCUT2D eigenvalue weighted by atomic mass is 9.73. The molecule has 1 aromatic heterocycles. The minimum absolute atomic E-state index is 0.0706. The maximum Gasteiger partial charge on any atom is 0.309 e. The lowest BCUT2D eigenvalue weighted by Gasteiger charge is -2.34. The fourth-order valence-corrected chi connectivity index (χ4v) is 7.59. The summed E-state index contributed by atoms with van der Waals surface area (Å²) in [6.45, 7) is 12.3. The number of aromatic nitrogens is 1. The zero-order valence-corrected chi connectivity index (χ0v) is 29.3. The molecule has 4 rings (SSSR count). The van der Waals surface area contributed by atoms with Gasteiger partial charge in [-0.15, -0.1) is 11.3 Å². The molecule has 0 saturated carbocycles. The molecule has 1 aromatic carbocycles. The molecule has 254 valence electrons. The standard InChI is InChI=1S/C34H47NO9S2/c1-20-10-12-25(13-11-20)46(40,41)42-18-29-35-24(19-45-29)15-22(3)26-16-28-34(7,44-28)14-8-9-21(2)31(38)23(4)32(39)33(5,6)27(36)17-30(37)43-26/h10-13,15,19,21,23,26-28,31,36,38H,8-9,14,16-18H2,1-7H3/t21-,23+,26-,27-,28-,31-,34+/m0/s1. The van der Waals surface area contributed by atoms with Gasteiger partial charge in [0, 0.05) is 17.7 Å². The molecule has 2 aliphatic heterocycles. The van der Waals surface area contributed by atoms with E-state index in [9.17, 15) is 28.2 Å². The van der Waals surface area contributed by atoms with Gasteiger partial charge in [-0.1, -0.05) is 51.8 Å². The average molecular weight is 678 g/mol. The van der Waals surface area contributed by atoms with Crippen LogP contribution in [0.2, 0.25) is 0 Å². The van der Waals surface area contributed by atoms with Gasteiger partial charge in [0.15, 0.2) is 0 Å². The van der Waals surface area contributed by atoms with Gasteiger partial charge in [0.25, 0.3) is 10.1 Å². The highest BCUT2D eigenvalue weighted by Crippen LogP contribution is 2.45. The Labute approximate surface area is 276 Å². The van der Waals surface area contributed by atoms with E-state index in [1.165, 1.54) is 23.5 Å². The van der Waals surface area contributed by atoms with Crippen molar-refractivity contribution >= 4 is 39.3 Å². The van der Waals surface area contributed by atoms with E-state index >= 15 is 0 Å². The Kier molecular flexibility index (Phi) is 11.3. The highest BCUT2D eigenvalue weighted by Gasteiger charge is 2.53. The summed E-state index contributed by atoms with van der Waals surface area (Å²) in [5, 5.41) is 24.1. The van der Waals surface area contributed by atoms with Crippen LogP contribution in [0.4, 0.5) is 0 Å². The van der Waals surface area contributed by atoms with E-state index in [4.69, 9.17) is 13.7 Å². The summed E-state index contributed by atoms with van der Waals surface area (Å²) in [5.41, 5.74) is 0.523. The first-order chi connectivity index (χ1) is 21.4. The molecule has 2 N–H and O–H groups in total. The molecule has 12 heteroatoms. The number of fused-ring (bicyclic) bond motifs is 1. The van der Waals surface area contributed by atoms with E-state index in [2.05, 4.69) is 4.98 Å². The van der Waals surface area contributed by atoms with Crippen molar-refractivity contribution in [1.29, 1.82) is 0 Å². The van der Waals surface area contributed by atoms with Crippen molar-refractivity contribution in [3.63, 3.8) is 0 Å². The van der Waals surface area contributed by atoms with E-state index in [1.807, 2.05) is 27.7 Å². The summed E-state index contributed by atoms with van der Waals surface area (Å²) in [6, 6.07) is 6.40. The van der Waals surface area contributed by atoms with Gasteiger partial charge in [0.1, 0.15) is 23.5 Å². The molecular weight excluding hydrogens is 631 g/mol. The third kappa shape index (κ3) is 8.70. The number of thiazole rings is 1. The van der Waals surface area contributed by atoms with E-state index in [0.29, 0.717) is 29.1 Å². The third-order valence-electron chi connectivity index (χ3n) is 9.51. The first kappa shape index (κ1) is 36.4. The van der Waals surface area contributed by atoms with E-state index in [1.54, 1.807) is 44.4 Å². The van der Waals surface area contributed by atoms with Crippen LogP contribution in [-0.4, -0.2) is 65.4 Å². The van der Waals surface area contributed by atoms with Gasteiger partial charge in [0.05, 0.1) is 46.3 Å². The molecule has 2 aliphatic rings. The highest BCUT2D eigenvalue weighted by atomic mass is 32.2. The van der Waals surface area contributed by atoms with Crippen LogP contribution < -0.4 is 0 Å². The van der Waals surface area contributed by atoms with Crippen LogP contribution in [0.1, 0.15) is 89.9 Å². The molecule has 2 saturated heterocycles. The van der Waals surface area contributed by atoms with Crippen molar-refractivity contribution in [2.24, 2.45) is 17.3 Å². The van der Waals surface area contributed by atoms with Gasteiger partial charge in [-0.2, -0.15) is 8.42 Å². The van der Waals surface area contributed by atoms with Gasteiger partial charge in [-0.25, -0.2) is 4.98 Å². The predicted molar refractivity (Wildman–Crippen MR) is 174 cm³/mol. The molecule has 0 amide bonds. The number of benzene rings is 1. The maximum absolute atomic E-state index is 13.4. The Hall–Kier alpha value is -2.48. The van der Waals surface area contributed by atoms with E-state index in [-0.39, 0.29) is 29.3 Å². The lowest BCUT2D eigenvalue weighted by molar-refractivity contribution is -0.154. The zero-order chi connectivity index (χ0) is 34.0. The van der Waals surface area contributed by atoms with Crippen LogP contribution >= 0.6 is 11.3 Å². The second kappa shape index (κ2) is 14.3. The summed E-state index contributed by atoms with van der Waals surface area (Å²) in [4.78, 5) is 31.1. The monoisotopic (exact) mass is 677 g/mol. The number of carbonyl (C=O) groups is 2. The number of aryl methyl sites for hydroxylation is 1. The molecular formula is C34H47NO9S2. The number of nitrogens with zero attached hydrogens (tertiary/aromatic N) is 1. The molecule has 0 bridgehead atoms. The van der Waals surface area contributed by atoms with Gasteiger partial charge >= 0.3 is 5.97 Å². The second-order valence-electron chi connectivity index (χ2n) is 13.7. The van der Waals surface area contributed by atoms with Crippen molar-refractivity contribution in [3.8, 4) is 0 Å². The van der Waals surface area contributed by atoms with E-state index < -0.39 is 57.8 Å². The van der Waals surface area contributed by atoms with Crippen molar-refractivity contribution in [3.05, 3.63) is 51.5 Å². The number of esters is 1. The van der Waals surface area contributed by atoms with Crippen LogP contribution in [0.25, 0.3) is 6.08 Å². The molecule has 0 radical (unpaired) electrons. The normalized spacial score (nSPS) is 31.6. The van der Waals surface area contributed by atoms with Crippen LogP contribution in [0.5, 0.6) is 0 Å². The number of rotatable bonds is 6. The zero-order valence-electron chi connectivity index (χ0n) is 27.7. The Morgan fingerprint density at radius 3 is 2.50 bits per heavy atom. The van der Waals surface area contributed by atoms with Gasteiger partial charge in [0.2, 0.25) is 0 Å². The summed E-state index contributed by atoms with van der Waals surface area (Å²) in [7, 11) is -3.95. The molecule has 0 unspecified atom stereocenters. The Morgan fingerprint density at radius 1 is 1.15 bits per heavy atom. The third-order valence-corrected chi connectivity index (χ3v) is 11.6.